The van der Waals surface area contributed by atoms with Gasteiger partial charge >= 0.3 is 0 Å². The van der Waals surface area contributed by atoms with Crippen LogP contribution in [0.1, 0.15) is 24.8 Å². The van der Waals surface area contributed by atoms with Crippen LogP contribution in [0, 0.1) is 11.3 Å². The summed E-state index contributed by atoms with van der Waals surface area (Å²) in [6.07, 6.45) is 5.79. The number of likely N-dealkylation sites (tertiary alicyclic amines) is 1. The molecule has 2 amide bonds. The summed E-state index contributed by atoms with van der Waals surface area (Å²) in [6.45, 7) is 2.03. The van der Waals surface area contributed by atoms with Gasteiger partial charge in [0.2, 0.25) is 11.8 Å². The topological polar surface area (TPSA) is 85.5 Å². The normalized spacial score (nSPS) is 31.5. The van der Waals surface area contributed by atoms with E-state index in [4.69, 9.17) is 10.5 Å². The van der Waals surface area contributed by atoms with Gasteiger partial charge in [-0.15, -0.1) is 0 Å². The number of rotatable bonds is 3. The van der Waals surface area contributed by atoms with Gasteiger partial charge in [0.25, 0.3) is 0 Å². The van der Waals surface area contributed by atoms with Gasteiger partial charge in [-0.25, -0.2) is 0 Å². The van der Waals surface area contributed by atoms with Crippen LogP contribution in [0.25, 0.3) is 0 Å². The predicted molar refractivity (Wildman–Crippen MR) is 82.3 cm³/mol. The van der Waals surface area contributed by atoms with Crippen molar-refractivity contribution in [3.05, 3.63) is 30.1 Å². The summed E-state index contributed by atoms with van der Waals surface area (Å²) < 4.78 is 5.52. The molecule has 0 aromatic carbocycles. The number of amides is 2. The molecule has 1 aromatic rings. The van der Waals surface area contributed by atoms with Crippen molar-refractivity contribution in [3.8, 4) is 0 Å². The lowest BCUT2D eigenvalue weighted by Crippen LogP contribution is -2.48. The fraction of sp³-hybridized carbons (Fsp3) is 0.588. The first-order chi connectivity index (χ1) is 11.1. The third-order valence-electron chi connectivity index (χ3n) is 5.86. The summed E-state index contributed by atoms with van der Waals surface area (Å²) in [5.74, 6) is -0.171. The van der Waals surface area contributed by atoms with E-state index in [0.717, 1.165) is 18.4 Å². The Hall–Kier alpha value is -1.95. The Morgan fingerprint density at radius 2 is 2.17 bits per heavy atom. The van der Waals surface area contributed by atoms with Crippen LogP contribution >= 0.6 is 0 Å². The second-order valence-corrected chi connectivity index (χ2v) is 7.05. The molecule has 0 radical (unpaired) electrons. The molecule has 6 heteroatoms. The lowest BCUT2D eigenvalue weighted by atomic mass is 9.74. The van der Waals surface area contributed by atoms with Crippen LogP contribution in [0.5, 0.6) is 0 Å². The number of fused-ring (bicyclic) bond motifs is 1. The van der Waals surface area contributed by atoms with Gasteiger partial charge in [-0.3, -0.25) is 14.6 Å². The van der Waals surface area contributed by atoms with Crippen LogP contribution in [-0.4, -0.2) is 48.0 Å². The number of pyridine rings is 1. The highest BCUT2D eigenvalue weighted by Gasteiger charge is 2.59. The average molecular weight is 315 g/mol. The Labute approximate surface area is 135 Å². The van der Waals surface area contributed by atoms with Gasteiger partial charge in [-0.05, 0) is 30.9 Å². The van der Waals surface area contributed by atoms with Crippen molar-refractivity contribution in [1.29, 1.82) is 0 Å². The van der Waals surface area contributed by atoms with Crippen LogP contribution < -0.4 is 5.73 Å². The molecule has 122 valence electrons. The van der Waals surface area contributed by atoms with E-state index in [0.29, 0.717) is 32.7 Å². The zero-order valence-electron chi connectivity index (χ0n) is 13.0. The predicted octanol–water partition coefficient (Wildman–Crippen LogP) is 0.464. The highest BCUT2D eigenvalue weighted by Crippen LogP contribution is 2.51. The first kappa shape index (κ1) is 14.6. The zero-order valence-corrected chi connectivity index (χ0v) is 13.0. The first-order valence-corrected chi connectivity index (χ1v) is 8.16. The Bertz CT molecular complexity index is 644. The van der Waals surface area contributed by atoms with E-state index in [2.05, 4.69) is 4.98 Å². The van der Waals surface area contributed by atoms with Crippen molar-refractivity contribution in [2.75, 3.05) is 26.3 Å². The zero-order chi connectivity index (χ0) is 16.1. The number of primary amides is 1. The smallest absolute Gasteiger partial charge is 0.233 e. The van der Waals surface area contributed by atoms with Crippen molar-refractivity contribution in [2.45, 2.75) is 24.7 Å². The molecule has 1 aliphatic carbocycles. The maximum atomic E-state index is 13.1. The maximum absolute atomic E-state index is 13.1. The number of hydrogen-bond donors (Lipinski definition) is 1. The van der Waals surface area contributed by atoms with Crippen LogP contribution in [0.4, 0.5) is 0 Å². The largest absolute Gasteiger partial charge is 0.381 e. The van der Waals surface area contributed by atoms with E-state index in [1.807, 2.05) is 17.0 Å². The van der Waals surface area contributed by atoms with Crippen LogP contribution in [0.3, 0.4) is 0 Å². The fourth-order valence-corrected chi connectivity index (χ4v) is 4.21. The molecule has 3 fully saturated rings. The lowest BCUT2D eigenvalue weighted by Gasteiger charge is -2.35. The SMILES string of the molecule is NC(=O)[C@]12CCOC[C@H]1CN(C(=O)C1(c3cccnc3)CC1)C2. The number of hydrogen-bond acceptors (Lipinski definition) is 4. The second kappa shape index (κ2) is 5.03. The first-order valence-electron chi connectivity index (χ1n) is 8.16. The van der Waals surface area contributed by atoms with Crippen LogP contribution in [0.15, 0.2) is 24.5 Å². The molecule has 0 unspecified atom stereocenters. The molecule has 2 atom stereocenters. The number of ether oxygens (including phenoxy) is 1. The summed E-state index contributed by atoms with van der Waals surface area (Å²) in [5.41, 5.74) is 5.62. The molecule has 1 aromatic heterocycles. The van der Waals surface area contributed by atoms with E-state index in [-0.39, 0.29) is 17.7 Å². The van der Waals surface area contributed by atoms with Gasteiger partial charge < -0.3 is 15.4 Å². The van der Waals surface area contributed by atoms with Crippen molar-refractivity contribution < 1.29 is 14.3 Å². The molecule has 6 nitrogen and oxygen atoms in total. The summed E-state index contributed by atoms with van der Waals surface area (Å²) >= 11 is 0. The van der Waals surface area contributed by atoms with E-state index < -0.39 is 10.8 Å². The molecule has 1 saturated carbocycles. The minimum absolute atomic E-state index is 0.0161. The molecule has 0 spiro atoms. The van der Waals surface area contributed by atoms with Gasteiger partial charge in [0.05, 0.1) is 17.4 Å². The Kier molecular flexibility index (Phi) is 3.20. The van der Waals surface area contributed by atoms with E-state index in [1.165, 1.54) is 0 Å². The Morgan fingerprint density at radius 3 is 2.78 bits per heavy atom. The lowest BCUT2D eigenvalue weighted by molar-refractivity contribution is -0.137. The molecule has 3 aliphatic rings. The van der Waals surface area contributed by atoms with Crippen molar-refractivity contribution >= 4 is 11.8 Å². The van der Waals surface area contributed by atoms with Gasteiger partial charge in [0.15, 0.2) is 0 Å². The standard InChI is InChI=1S/C17H21N3O3/c18-14(21)17-5-7-23-10-13(17)9-20(11-17)15(22)16(3-4-16)12-2-1-6-19-8-12/h1-2,6,8,13H,3-5,7,9-11H2,(H2,18,21)/t13-,17+/m1/s1. The van der Waals surface area contributed by atoms with E-state index in [9.17, 15) is 9.59 Å². The van der Waals surface area contributed by atoms with Crippen molar-refractivity contribution in [3.63, 3.8) is 0 Å². The summed E-state index contributed by atoms with van der Waals surface area (Å²) in [4.78, 5) is 31.2. The molecule has 4 rings (SSSR count). The second-order valence-electron chi connectivity index (χ2n) is 7.05. The number of carbonyl (C=O) groups excluding carboxylic acids is 2. The minimum atomic E-state index is -0.612. The number of nitrogens with two attached hydrogens (primary N) is 1. The van der Waals surface area contributed by atoms with Crippen molar-refractivity contribution in [2.24, 2.45) is 17.1 Å². The molecule has 2 saturated heterocycles. The highest BCUT2D eigenvalue weighted by atomic mass is 16.5. The van der Waals surface area contributed by atoms with Gasteiger partial charge in [-0.2, -0.15) is 0 Å². The molecule has 3 heterocycles. The van der Waals surface area contributed by atoms with Gasteiger partial charge in [-0.1, -0.05) is 6.07 Å². The Morgan fingerprint density at radius 1 is 1.35 bits per heavy atom. The van der Waals surface area contributed by atoms with E-state index in [1.54, 1.807) is 12.4 Å². The van der Waals surface area contributed by atoms with Crippen molar-refractivity contribution in [1.82, 2.24) is 9.88 Å². The average Bonchev–Trinajstić information content (AvgIpc) is 3.28. The van der Waals surface area contributed by atoms with Gasteiger partial charge in [0.1, 0.15) is 0 Å². The summed E-state index contributed by atoms with van der Waals surface area (Å²) in [7, 11) is 0. The van der Waals surface area contributed by atoms with Crippen LogP contribution in [-0.2, 0) is 19.7 Å². The van der Waals surface area contributed by atoms with Gasteiger partial charge in [0, 0.05) is 38.0 Å². The summed E-state index contributed by atoms with van der Waals surface area (Å²) in [5, 5.41) is 0. The fourth-order valence-electron chi connectivity index (χ4n) is 4.21. The monoisotopic (exact) mass is 315 g/mol. The minimum Gasteiger partial charge on any atom is -0.381 e. The number of aromatic nitrogens is 1. The highest BCUT2D eigenvalue weighted by molar-refractivity contribution is 5.93. The molecular weight excluding hydrogens is 294 g/mol. The third kappa shape index (κ3) is 2.08. The quantitative estimate of drug-likeness (QED) is 0.878. The summed E-state index contributed by atoms with van der Waals surface area (Å²) in [6, 6.07) is 3.83. The molecule has 2 aliphatic heterocycles. The van der Waals surface area contributed by atoms with Crippen LogP contribution in [0.2, 0.25) is 0 Å². The molecular formula is C17H21N3O3. The van der Waals surface area contributed by atoms with E-state index >= 15 is 0 Å². The Balaban J connectivity index is 1.60. The maximum Gasteiger partial charge on any atom is 0.233 e. The number of nitrogens with zero attached hydrogens (tertiary/aromatic N) is 2. The molecule has 0 bridgehead atoms. The molecule has 23 heavy (non-hydrogen) atoms. The third-order valence-corrected chi connectivity index (χ3v) is 5.86. The molecule has 2 N–H and O–H groups in total. The number of carbonyl (C=O) groups is 2.